The molecular weight excluding hydrogens is 404 g/mol. The Morgan fingerprint density at radius 2 is 0.967 bits per heavy atom. The monoisotopic (exact) mass is 430 g/mol. The van der Waals surface area contributed by atoms with Gasteiger partial charge in [0.15, 0.2) is 26.6 Å². The Bertz CT molecular complexity index is 633. The van der Waals surface area contributed by atoms with E-state index in [1.807, 2.05) is 0 Å². The summed E-state index contributed by atoms with van der Waals surface area (Å²) in [5.74, 6) is -3.26. The van der Waals surface area contributed by atoms with E-state index in [2.05, 4.69) is 11.5 Å². The van der Waals surface area contributed by atoms with Crippen molar-refractivity contribution in [1.82, 2.24) is 19.6 Å². The highest BCUT2D eigenvalue weighted by atomic mass is 16.6. The van der Waals surface area contributed by atoms with Gasteiger partial charge in [0.25, 0.3) is 0 Å². The number of carbonyl (C=O) groups is 6. The predicted molar refractivity (Wildman–Crippen MR) is 94.0 cm³/mol. The van der Waals surface area contributed by atoms with Crippen molar-refractivity contribution in [2.45, 2.75) is 0 Å². The van der Waals surface area contributed by atoms with E-state index in [1.54, 1.807) is 9.80 Å². The molecular formula is C16H26N6O8+2. The average molecular weight is 430 g/mol. The molecule has 2 heterocycles. The number of quaternary nitrogens is 2. The second-order valence-electron chi connectivity index (χ2n) is 6.64. The van der Waals surface area contributed by atoms with Gasteiger partial charge in [-0.15, -0.1) is 0 Å². The highest BCUT2D eigenvalue weighted by molar-refractivity contribution is 6.00. The molecule has 4 amide bonds. The summed E-state index contributed by atoms with van der Waals surface area (Å²) >= 11 is 0. The first-order valence-corrected chi connectivity index (χ1v) is 9.26. The van der Waals surface area contributed by atoms with Gasteiger partial charge in [-0.05, 0) is 0 Å². The predicted octanol–water partition coefficient (Wildman–Crippen LogP) is -6.19. The minimum atomic E-state index is -0.618. The third-order valence-corrected chi connectivity index (χ3v) is 4.49. The minimum absolute atomic E-state index is 0.0590. The molecule has 14 nitrogen and oxygen atoms in total. The van der Waals surface area contributed by atoms with Crippen LogP contribution < -0.4 is 11.5 Å². The Kier molecular flexibility index (Phi) is 8.35. The maximum absolute atomic E-state index is 12.1. The lowest BCUT2D eigenvalue weighted by Gasteiger charge is -2.35. The van der Waals surface area contributed by atoms with E-state index < -0.39 is 49.0 Å². The number of hydrogen-bond donors (Lipinski definition) is 2. The fourth-order valence-corrected chi connectivity index (χ4v) is 2.80. The van der Waals surface area contributed by atoms with E-state index in [-0.39, 0.29) is 52.4 Å². The number of amides is 4. The second kappa shape index (κ2) is 10.7. The molecule has 0 unspecified atom stereocenters. The van der Waals surface area contributed by atoms with Gasteiger partial charge < -0.3 is 20.9 Å². The van der Waals surface area contributed by atoms with Crippen molar-refractivity contribution in [2.24, 2.45) is 0 Å². The van der Waals surface area contributed by atoms with Crippen molar-refractivity contribution in [3.63, 3.8) is 0 Å². The largest absolute Gasteiger partial charge is 0.440 e. The van der Waals surface area contributed by atoms with Gasteiger partial charge in [-0.2, -0.15) is 0 Å². The van der Waals surface area contributed by atoms with E-state index >= 15 is 0 Å². The van der Waals surface area contributed by atoms with Crippen LogP contribution in [0.15, 0.2) is 0 Å². The summed E-state index contributed by atoms with van der Waals surface area (Å²) in [6.07, 6.45) is 0. The standard InChI is InChI=1S/C16H24N6O8/c17-3-15(27)29-9-21-11(23)5-19(6-12(21)24)1-2-20-7-13(25)22(14(26)8-20)10-30-16(28)4-18/h1-10,17-18H2/p+2. The summed E-state index contributed by atoms with van der Waals surface area (Å²) in [4.78, 5) is 75.8. The molecule has 14 heteroatoms. The highest BCUT2D eigenvalue weighted by Gasteiger charge is 2.34. The normalized spacial score (nSPS) is 18.7. The molecule has 166 valence electrons. The van der Waals surface area contributed by atoms with Crippen LogP contribution in [0.4, 0.5) is 0 Å². The van der Waals surface area contributed by atoms with Crippen LogP contribution >= 0.6 is 0 Å². The highest BCUT2D eigenvalue weighted by Crippen LogP contribution is 2.08. The van der Waals surface area contributed by atoms with Crippen molar-refractivity contribution in [3.8, 4) is 0 Å². The van der Waals surface area contributed by atoms with Crippen LogP contribution in [0.5, 0.6) is 0 Å². The van der Waals surface area contributed by atoms with Crippen molar-refractivity contribution in [2.75, 3.05) is 65.8 Å². The van der Waals surface area contributed by atoms with E-state index in [0.717, 1.165) is 9.80 Å². The number of esters is 2. The smallest absolute Gasteiger partial charge is 0.363 e. The first kappa shape index (κ1) is 23.3. The zero-order valence-corrected chi connectivity index (χ0v) is 16.5. The van der Waals surface area contributed by atoms with Crippen molar-refractivity contribution in [3.05, 3.63) is 0 Å². The molecule has 0 atom stereocenters. The lowest BCUT2D eigenvalue weighted by molar-refractivity contribution is -0.360. The van der Waals surface area contributed by atoms with E-state index in [1.165, 1.54) is 0 Å². The fourth-order valence-electron chi connectivity index (χ4n) is 2.80. The Hall–Kier alpha value is -2.94. The van der Waals surface area contributed by atoms with Crippen LogP contribution in [0, 0.1) is 0 Å². The Morgan fingerprint density at radius 3 is 1.23 bits per heavy atom. The molecule has 30 heavy (non-hydrogen) atoms. The molecule has 0 bridgehead atoms. The molecule has 2 fully saturated rings. The van der Waals surface area contributed by atoms with E-state index in [9.17, 15) is 28.8 Å². The van der Waals surface area contributed by atoms with Crippen molar-refractivity contribution >= 4 is 35.6 Å². The third-order valence-electron chi connectivity index (χ3n) is 4.49. The molecule has 2 aliphatic heterocycles. The van der Waals surface area contributed by atoms with Gasteiger partial charge in [0.2, 0.25) is 23.6 Å². The van der Waals surface area contributed by atoms with E-state index in [4.69, 9.17) is 9.47 Å². The number of ether oxygens (including phenoxy) is 2. The number of hydrogen-bond acceptors (Lipinski definition) is 10. The molecule has 6 N–H and O–H groups in total. The van der Waals surface area contributed by atoms with Crippen molar-refractivity contribution in [1.29, 1.82) is 0 Å². The van der Waals surface area contributed by atoms with Crippen LogP contribution in [-0.2, 0) is 38.2 Å². The average Bonchev–Trinajstić information content (AvgIpc) is 2.70. The summed E-state index contributed by atoms with van der Waals surface area (Å²) in [7, 11) is 0. The van der Waals surface area contributed by atoms with Gasteiger partial charge in [0, 0.05) is 13.1 Å². The Balaban J connectivity index is 1.79. The second-order valence-corrected chi connectivity index (χ2v) is 6.64. The topological polar surface area (TPSA) is 189 Å². The Morgan fingerprint density at radius 1 is 0.667 bits per heavy atom. The number of rotatable bonds is 9. The summed E-state index contributed by atoms with van der Waals surface area (Å²) in [5, 5.41) is 0. The molecule has 0 radical (unpaired) electrons. The van der Waals surface area contributed by atoms with Crippen LogP contribution in [0.25, 0.3) is 0 Å². The molecule has 2 rings (SSSR count). The maximum Gasteiger partial charge on any atom is 0.363 e. The molecule has 0 saturated carbocycles. The molecule has 2 aliphatic rings. The third kappa shape index (κ3) is 6.28. The zero-order valence-electron chi connectivity index (χ0n) is 16.5. The molecule has 0 aromatic rings. The summed E-state index contributed by atoms with van der Waals surface area (Å²) in [6.45, 7) is -0.772. The number of carbonyl (C=O) groups excluding carboxylic acids is 6. The molecule has 0 spiro atoms. The Labute approximate surface area is 171 Å². The molecule has 0 aromatic carbocycles. The van der Waals surface area contributed by atoms with Crippen LogP contribution in [0.1, 0.15) is 0 Å². The lowest BCUT2D eigenvalue weighted by atomic mass is 10.2. The SMILES string of the molecule is [NH3+]CC(=O)OCN1C(=O)CN(CCN2CC(=O)N(COC(=O)C[NH3+])C(=O)C2)CC1=O. The van der Waals surface area contributed by atoms with Gasteiger partial charge in [-0.3, -0.25) is 29.0 Å². The van der Waals surface area contributed by atoms with Gasteiger partial charge in [0.1, 0.15) is 0 Å². The van der Waals surface area contributed by atoms with Crippen LogP contribution in [-0.4, -0.2) is 121 Å². The van der Waals surface area contributed by atoms with Crippen LogP contribution in [0.3, 0.4) is 0 Å². The van der Waals surface area contributed by atoms with Crippen LogP contribution in [0.2, 0.25) is 0 Å². The summed E-state index contributed by atoms with van der Waals surface area (Å²) < 4.78 is 9.56. The van der Waals surface area contributed by atoms with Gasteiger partial charge >= 0.3 is 11.9 Å². The molecule has 2 saturated heterocycles. The summed E-state index contributed by atoms with van der Waals surface area (Å²) in [6, 6.07) is 0. The maximum atomic E-state index is 12.1. The first-order chi connectivity index (χ1) is 14.2. The van der Waals surface area contributed by atoms with Gasteiger partial charge in [-0.1, -0.05) is 0 Å². The number of imide groups is 2. The number of nitrogens with zero attached hydrogens (tertiary/aromatic N) is 4. The minimum Gasteiger partial charge on any atom is -0.440 e. The summed E-state index contributed by atoms with van der Waals surface area (Å²) in [5.41, 5.74) is 6.71. The fraction of sp³-hybridized carbons (Fsp3) is 0.625. The molecule has 0 aromatic heterocycles. The number of piperazine rings is 2. The zero-order chi connectivity index (χ0) is 22.3. The van der Waals surface area contributed by atoms with Gasteiger partial charge in [0.05, 0.1) is 26.2 Å². The van der Waals surface area contributed by atoms with E-state index in [0.29, 0.717) is 0 Å². The lowest BCUT2D eigenvalue weighted by Crippen LogP contribution is -2.59. The molecule has 0 aliphatic carbocycles. The van der Waals surface area contributed by atoms with Gasteiger partial charge in [-0.25, -0.2) is 19.4 Å². The first-order valence-electron chi connectivity index (χ1n) is 9.26. The quantitative estimate of drug-likeness (QED) is 0.263. The van der Waals surface area contributed by atoms with Crippen molar-refractivity contribution < 1.29 is 49.7 Å².